The Morgan fingerprint density at radius 3 is 2.62 bits per heavy atom. The summed E-state index contributed by atoms with van der Waals surface area (Å²) in [5.41, 5.74) is 11.6. The molecule has 1 rings (SSSR count). The van der Waals surface area contributed by atoms with Gasteiger partial charge in [0, 0.05) is 17.8 Å². The monoisotopic (exact) mass is 241 g/mol. The molecule has 4 nitrogen and oxygen atoms in total. The summed E-state index contributed by atoms with van der Waals surface area (Å²) in [7, 11) is 0. The van der Waals surface area contributed by atoms with Crippen molar-refractivity contribution in [3.63, 3.8) is 0 Å². The lowest BCUT2D eigenvalue weighted by Crippen LogP contribution is -2.40. The quantitative estimate of drug-likeness (QED) is 0.749. The molecule has 0 atom stereocenters. The number of anilines is 1. The van der Waals surface area contributed by atoms with Gasteiger partial charge in [0.15, 0.2) is 0 Å². The van der Waals surface area contributed by atoms with Crippen molar-refractivity contribution in [2.24, 2.45) is 11.5 Å². The molecule has 0 radical (unpaired) electrons. The largest absolute Gasteiger partial charge is 0.383 e. The molecule has 0 bridgehead atoms. The van der Waals surface area contributed by atoms with Gasteiger partial charge in [-0.25, -0.2) is 0 Å². The van der Waals surface area contributed by atoms with Gasteiger partial charge in [0.2, 0.25) is 0 Å². The predicted octanol–water partition coefficient (Wildman–Crippen LogP) is 1.59. The van der Waals surface area contributed by atoms with Gasteiger partial charge in [-0.05, 0) is 26.0 Å². The average Bonchev–Trinajstić information content (AvgIpc) is 2.12. The zero-order valence-corrected chi connectivity index (χ0v) is 10.1. The Labute approximate surface area is 100.0 Å². The molecule has 5 heteroatoms. The highest BCUT2D eigenvalue weighted by Gasteiger charge is 2.15. The molecule has 0 aliphatic heterocycles. The molecular weight excluding hydrogens is 226 g/mol. The van der Waals surface area contributed by atoms with Gasteiger partial charge in [0.25, 0.3) is 5.91 Å². The summed E-state index contributed by atoms with van der Waals surface area (Å²) in [5.74, 6) is -0.553. The van der Waals surface area contributed by atoms with E-state index in [0.29, 0.717) is 22.8 Å². The molecule has 0 unspecified atom stereocenters. The van der Waals surface area contributed by atoms with Gasteiger partial charge < -0.3 is 16.8 Å². The molecule has 0 saturated heterocycles. The van der Waals surface area contributed by atoms with Crippen molar-refractivity contribution in [1.82, 2.24) is 0 Å². The number of hydrogen-bond donors (Lipinski definition) is 3. The van der Waals surface area contributed by atoms with Crippen LogP contribution in [0, 0.1) is 0 Å². The Bertz CT molecular complexity index is 399. The molecule has 0 fully saturated rings. The van der Waals surface area contributed by atoms with E-state index in [4.69, 9.17) is 23.1 Å². The Morgan fingerprint density at radius 1 is 1.50 bits per heavy atom. The van der Waals surface area contributed by atoms with Crippen LogP contribution in [0.15, 0.2) is 18.2 Å². The molecule has 1 amide bonds. The van der Waals surface area contributed by atoms with Crippen molar-refractivity contribution >= 4 is 23.2 Å². The number of nitrogens with one attached hydrogen (secondary N) is 1. The van der Waals surface area contributed by atoms with Gasteiger partial charge in [-0.3, -0.25) is 4.79 Å². The van der Waals surface area contributed by atoms with E-state index in [1.54, 1.807) is 18.2 Å². The summed E-state index contributed by atoms with van der Waals surface area (Å²) in [6.07, 6.45) is 0. The Balaban J connectivity index is 2.96. The highest BCUT2D eigenvalue weighted by molar-refractivity contribution is 6.34. The van der Waals surface area contributed by atoms with Crippen molar-refractivity contribution < 1.29 is 4.79 Å². The fraction of sp³-hybridized carbons (Fsp3) is 0.364. The van der Waals surface area contributed by atoms with Crippen molar-refractivity contribution in [2.45, 2.75) is 19.4 Å². The second-order valence-electron chi connectivity index (χ2n) is 4.37. The Kier molecular flexibility index (Phi) is 3.78. The van der Waals surface area contributed by atoms with Gasteiger partial charge in [0.1, 0.15) is 0 Å². The van der Waals surface area contributed by atoms with Crippen LogP contribution in [-0.4, -0.2) is 18.0 Å². The third-order valence-electron chi connectivity index (χ3n) is 1.99. The zero-order valence-electron chi connectivity index (χ0n) is 9.38. The first-order valence-corrected chi connectivity index (χ1v) is 5.30. The van der Waals surface area contributed by atoms with Crippen LogP contribution in [0.3, 0.4) is 0 Å². The first-order valence-electron chi connectivity index (χ1n) is 4.92. The van der Waals surface area contributed by atoms with Crippen molar-refractivity contribution in [1.29, 1.82) is 0 Å². The minimum Gasteiger partial charge on any atom is -0.383 e. The summed E-state index contributed by atoms with van der Waals surface area (Å²) >= 11 is 5.90. The summed E-state index contributed by atoms with van der Waals surface area (Å²) in [4.78, 5) is 11.2. The normalized spacial score (nSPS) is 11.2. The zero-order chi connectivity index (χ0) is 12.3. The number of carbonyl (C=O) groups excluding carboxylic acids is 1. The van der Waals surface area contributed by atoms with Crippen LogP contribution in [-0.2, 0) is 0 Å². The summed E-state index contributed by atoms with van der Waals surface area (Å²) in [5, 5.41) is 3.41. The predicted molar refractivity (Wildman–Crippen MR) is 66.7 cm³/mol. The van der Waals surface area contributed by atoms with Crippen LogP contribution in [0.25, 0.3) is 0 Å². The van der Waals surface area contributed by atoms with E-state index < -0.39 is 5.91 Å². The van der Waals surface area contributed by atoms with Crippen LogP contribution >= 0.6 is 11.6 Å². The van der Waals surface area contributed by atoms with Crippen LogP contribution in [0.2, 0.25) is 5.02 Å². The second kappa shape index (κ2) is 4.72. The maximum Gasteiger partial charge on any atom is 0.252 e. The number of hydrogen-bond acceptors (Lipinski definition) is 3. The van der Waals surface area contributed by atoms with Crippen LogP contribution in [0.5, 0.6) is 0 Å². The summed E-state index contributed by atoms with van der Waals surface area (Å²) < 4.78 is 0. The molecule has 0 saturated carbocycles. The molecule has 0 aromatic heterocycles. The van der Waals surface area contributed by atoms with Gasteiger partial charge in [0.05, 0.1) is 10.6 Å². The Hall–Kier alpha value is -1.26. The number of amides is 1. The fourth-order valence-corrected chi connectivity index (χ4v) is 1.51. The molecule has 0 aliphatic carbocycles. The van der Waals surface area contributed by atoms with E-state index in [1.807, 2.05) is 13.8 Å². The molecule has 88 valence electrons. The lowest BCUT2D eigenvalue weighted by atomic mass is 10.1. The average molecular weight is 242 g/mol. The number of benzene rings is 1. The maximum atomic E-state index is 11.2. The highest BCUT2D eigenvalue weighted by Crippen LogP contribution is 2.24. The maximum absolute atomic E-state index is 11.2. The van der Waals surface area contributed by atoms with Gasteiger partial charge >= 0.3 is 0 Å². The highest BCUT2D eigenvalue weighted by atomic mass is 35.5. The number of nitrogens with two attached hydrogens (primary N) is 2. The van der Waals surface area contributed by atoms with E-state index >= 15 is 0 Å². The standard InChI is InChI=1S/C11H16ClN3O/c1-11(2,14)6-15-8-5-3-4-7(12)9(8)10(13)16/h3-5,15H,6,14H2,1-2H3,(H2,13,16). The van der Waals surface area contributed by atoms with Crippen molar-refractivity contribution in [3.05, 3.63) is 28.8 Å². The molecule has 1 aromatic carbocycles. The number of halogens is 1. The van der Waals surface area contributed by atoms with E-state index in [0.717, 1.165) is 0 Å². The minimum atomic E-state index is -0.553. The molecular formula is C11H16ClN3O. The molecule has 0 heterocycles. The summed E-state index contributed by atoms with van der Waals surface area (Å²) in [6, 6.07) is 5.12. The van der Waals surface area contributed by atoms with Gasteiger partial charge in [-0.2, -0.15) is 0 Å². The number of carbonyl (C=O) groups is 1. The fourth-order valence-electron chi connectivity index (χ4n) is 1.24. The first kappa shape index (κ1) is 12.8. The van der Waals surface area contributed by atoms with Crippen LogP contribution < -0.4 is 16.8 Å². The van der Waals surface area contributed by atoms with Crippen LogP contribution in [0.4, 0.5) is 5.69 Å². The lowest BCUT2D eigenvalue weighted by Gasteiger charge is -2.21. The SMILES string of the molecule is CC(C)(N)CNc1cccc(Cl)c1C(N)=O. The van der Waals surface area contributed by atoms with Gasteiger partial charge in [-0.15, -0.1) is 0 Å². The lowest BCUT2D eigenvalue weighted by molar-refractivity contribution is 0.100. The Morgan fingerprint density at radius 2 is 2.12 bits per heavy atom. The van der Waals surface area contributed by atoms with E-state index in [2.05, 4.69) is 5.32 Å². The van der Waals surface area contributed by atoms with Crippen molar-refractivity contribution in [3.8, 4) is 0 Å². The smallest absolute Gasteiger partial charge is 0.252 e. The molecule has 16 heavy (non-hydrogen) atoms. The second-order valence-corrected chi connectivity index (χ2v) is 4.78. The molecule has 0 spiro atoms. The molecule has 1 aromatic rings. The van der Waals surface area contributed by atoms with E-state index in [9.17, 15) is 4.79 Å². The third-order valence-corrected chi connectivity index (χ3v) is 2.31. The third kappa shape index (κ3) is 3.40. The van der Waals surface area contributed by atoms with E-state index in [1.165, 1.54) is 0 Å². The first-order chi connectivity index (χ1) is 7.31. The van der Waals surface area contributed by atoms with E-state index in [-0.39, 0.29) is 5.54 Å². The molecule has 0 aliphatic rings. The molecule has 5 N–H and O–H groups in total. The van der Waals surface area contributed by atoms with Crippen LogP contribution in [0.1, 0.15) is 24.2 Å². The van der Waals surface area contributed by atoms with Crippen molar-refractivity contribution in [2.75, 3.05) is 11.9 Å². The summed E-state index contributed by atoms with van der Waals surface area (Å²) in [6.45, 7) is 4.29. The number of primary amides is 1. The van der Waals surface area contributed by atoms with Gasteiger partial charge in [-0.1, -0.05) is 17.7 Å². The number of rotatable bonds is 4. The minimum absolute atomic E-state index is 0.299. The topological polar surface area (TPSA) is 81.1 Å².